The molecule has 0 heterocycles. The van der Waals surface area contributed by atoms with E-state index in [0.717, 1.165) is 0 Å². The van der Waals surface area contributed by atoms with Crippen LogP contribution in [0.3, 0.4) is 0 Å². The number of halogens is 42. The van der Waals surface area contributed by atoms with E-state index in [4.69, 9.17) is 33.7 Å². The monoisotopic (exact) mass is 1410 g/mol. The zero-order valence-corrected chi connectivity index (χ0v) is 38.3. The summed E-state index contributed by atoms with van der Waals surface area (Å²) < 4.78 is 547. The predicted octanol–water partition coefficient (Wildman–Crippen LogP) is 14.8. The second kappa shape index (κ2) is 38.1. The van der Waals surface area contributed by atoms with Crippen molar-refractivity contribution in [2.24, 2.45) is 0 Å². The van der Waals surface area contributed by atoms with Crippen LogP contribution in [0.2, 0.25) is 0 Å². The molecule has 59 heteroatoms. The van der Waals surface area contributed by atoms with Gasteiger partial charge in [-0.1, -0.05) is 37.7 Å². The predicted molar refractivity (Wildman–Crippen MR) is 167 cm³/mol. The Bertz CT molecular complexity index is 2190. The third-order valence-corrected chi connectivity index (χ3v) is 3.71. The summed E-state index contributed by atoms with van der Waals surface area (Å²) in [5.74, 6) is -14.8. The normalized spacial score (nSPS) is 12.4. The summed E-state index contributed by atoms with van der Waals surface area (Å²) in [7, 11) is -22.7. The Hall–Kier alpha value is -4.86. The van der Waals surface area contributed by atoms with E-state index in [1.165, 1.54) is 0 Å². The van der Waals surface area contributed by atoms with Crippen molar-refractivity contribution >= 4 is 42.4 Å². The van der Waals surface area contributed by atoms with E-state index >= 15 is 0 Å². The van der Waals surface area contributed by atoms with Crippen LogP contribution in [0.4, 0.5) is 180 Å². The first kappa shape index (κ1) is 95.4. The van der Waals surface area contributed by atoms with E-state index in [1.54, 1.807) is 0 Å². The molecule has 0 aromatic carbocycles. The number of ether oxygens (including phenoxy) is 4. The highest BCUT2D eigenvalue weighted by atomic mass is 32.3. The summed E-state index contributed by atoms with van der Waals surface area (Å²) in [4.78, 5) is 1.88. The van der Waals surface area contributed by atoms with Crippen LogP contribution in [0, 0.1) is 0 Å². The molecule has 81 heavy (non-hydrogen) atoms. The van der Waals surface area contributed by atoms with Gasteiger partial charge in [0.05, 0.1) is 0 Å². The maximum atomic E-state index is 12.3. The average Bonchev–Trinajstić information content (AvgIpc) is 3.17. The van der Waals surface area contributed by atoms with Crippen LogP contribution in [0.15, 0.2) is 48.7 Å². The molecule has 0 aliphatic carbocycles. The van der Waals surface area contributed by atoms with Gasteiger partial charge in [0.25, 0.3) is 0 Å². The second-order valence-corrected chi connectivity index (χ2v) is 13.2. The van der Waals surface area contributed by atoms with E-state index < -0.39 is 172 Å². The molecular formula is C22H12F42O13S4. The molecule has 0 radical (unpaired) electrons. The SMILES string of the molecule is C=C(F)C(F)(F)OC(F)(F)CF.FC(F)=C(F)OC(F)(F)CC(F)(F)F.FCC(F)(F)C(F)(F)C(F)(F)OC(F)=C(F)F.FCC(F)(F)OC(F)=C(F)F.FCC(F)(F)OF.O=S(=O)(F)F.O=S(=O)(F)F.O=S(=O)(F)F.O=S(=O)(F)F. The molecule has 0 atom stereocenters. The number of hydrogen-bond donors (Lipinski definition) is 0. The van der Waals surface area contributed by atoms with Gasteiger partial charge in [-0.25, -0.2) is 26.7 Å². The van der Waals surface area contributed by atoms with Crippen molar-refractivity contribution in [1.82, 2.24) is 0 Å². The summed E-state index contributed by atoms with van der Waals surface area (Å²) in [5.41, 5.74) is 0. The van der Waals surface area contributed by atoms with Crippen LogP contribution in [0.25, 0.3) is 0 Å². The fourth-order valence-corrected chi connectivity index (χ4v) is 1.44. The quantitative estimate of drug-likeness (QED) is 0.0762. The zero-order valence-electron chi connectivity index (χ0n) is 35.1. The smallest absolute Gasteiger partial charge is 0.402 e. The van der Waals surface area contributed by atoms with Crippen molar-refractivity contribution in [3.63, 3.8) is 0 Å². The van der Waals surface area contributed by atoms with Gasteiger partial charge in [-0.05, 0) is 4.53 Å². The van der Waals surface area contributed by atoms with Gasteiger partial charge in [0.2, 0.25) is 0 Å². The summed E-state index contributed by atoms with van der Waals surface area (Å²) in [5, 5.41) is 0. The Labute approximate surface area is 417 Å². The van der Waals surface area contributed by atoms with E-state index in [-0.39, 0.29) is 0 Å². The third kappa shape index (κ3) is 75.1. The Morgan fingerprint density at radius 3 is 0.778 bits per heavy atom. The molecule has 0 aromatic rings. The van der Waals surface area contributed by atoms with Crippen molar-refractivity contribution < 1.29 is 238 Å². The Morgan fingerprint density at radius 1 is 0.370 bits per heavy atom. The van der Waals surface area contributed by atoms with Crippen LogP contribution < -0.4 is 0 Å². The van der Waals surface area contributed by atoms with Crippen molar-refractivity contribution in [2.75, 3.05) is 26.7 Å². The van der Waals surface area contributed by atoms with E-state index in [9.17, 15) is 180 Å². The van der Waals surface area contributed by atoms with Crippen LogP contribution in [-0.2, 0) is 66.3 Å². The lowest BCUT2D eigenvalue weighted by molar-refractivity contribution is -0.394. The van der Waals surface area contributed by atoms with Crippen LogP contribution in [0.1, 0.15) is 6.42 Å². The molecule has 0 saturated heterocycles. The topological polar surface area (TPSA) is 183 Å². The van der Waals surface area contributed by atoms with E-state index in [0.29, 0.717) is 0 Å². The van der Waals surface area contributed by atoms with Crippen molar-refractivity contribution in [2.45, 2.75) is 61.1 Å². The molecule has 0 bridgehead atoms. The highest BCUT2D eigenvalue weighted by Gasteiger charge is 2.74. The lowest BCUT2D eigenvalue weighted by Crippen LogP contribution is -2.56. The molecule has 0 fully saturated rings. The number of hydrogen-bond acceptors (Lipinski definition) is 13. The van der Waals surface area contributed by atoms with E-state index in [1.807, 2.05) is 11.5 Å². The summed E-state index contributed by atoms with van der Waals surface area (Å²) in [6.07, 6.45) is -47.8. The van der Waals surface area contributed by atoms with Gasteiger partial charge >= 0.3 is 133 Å². The molecule has 0 aromatic heterocycles. The molecule has 0 unspecified atom stereocenters. The van der Waals surface area contributed by atoms with Crippen molar-refractivity contribution in [3.8, 4) is 0 Å². The minimum atomic E-state index is -6.51. The molecular weight excluding hydrogens is 1400 g/mol. The average molecular weight is 1410 g/mol. The first-order valence-electron chi connectivity index (χ1n) is 15.1. The molecule has 0 N–H and O–H groups in total. The van der Waals surface area contributed by atoms with E-state index in [2.05, 4.69) is 18.9 Å². The molecule has 0 saturated carbocycles. The largest absolute Gasteiger partial charge is 0.476 e. The van der Waals surface area contributed by atoms with Crippen LogP contribution >= 0.6 is 0 Å². The minimum Gasteiger partial charge on any atom is -0.402 e. The molecule has 0 rings (SSSR count). The highest BCUT2D eigenvalue weighted by molar-refractivity contribution is 7.81. The minimum absolute atomic E-state index is 1.88. The Kier molecular flexibility index (Phi) is 44.8. The second-order valence-electron chi connectivity index (χ2n) is 10.2. The number of rotatable bonds is 17. The molecule has 0 aliphatic heterocycles. The standard InChI is InChI=1S/C6H2F10O.C5H2F8O.C5H4F6O.C4H2F6O.C2H2F4O.4F2O2S/c7-1-4(11,12)5(13,14)6(15,16)17-3(10)2(8)9;6-2(7)3(8)14-5(12,13)1-4(9,10)11;1-3(7)5(10,11)12-4(8,9)2-6;5-1-4(9,10)11-3(8)2(6)7;3-1-2(4,5)7-6;4*1-5(2,3)4/h1H2;1H2;1-2H2;1H2;1H2;;;;. The van der Waals surface area contributed by atoms with Crippen molar-refractivity contribution in [3.05, 3.63) is 48.7 Å². The lowest BCUT2D eigenvalue weighted by Gasteiger charge is -2.29. The maximum Gasteiger partial charge on any atom is 0.476 e. The fraction of sp³-hybridized carbons (Fsp3) is 0.636. The van der Waals surface area contributed by atoms with Gasteiger partial charge in [-0.15, -0.1) is 4.94 Å². The van der Waals surface area contributed by atoms with Crippen molar-refractivity contribution in [1.29, 1.82) is 0 Å². The summed E-state index contributed by atoms with van der Waals surface area (Å²) in [6, 6.07) is -9.27. The first-order chi connectivity index (χ1) is 34.6. The Balaban J connectivity index is -0.000000107. The summed E-state index contributed by atoms with van der Waals surface area (Å²) in [6.45, 7) is -8.14. The highest BCUT2D eigenvalue weighted by Crippen LogP contribution is 2.48. The third-order valence-electron chi connectivity index (χ3n) is 3.71. The number of alkyl halides is 23. The summed E-state index contributed by atoms with van der Waals surface area (Å²) >= 11 is 0. The Morgan fingerprint density at radius 2 is 0.605 bits per heavy atom. The molecule has 0 spiro atoms. The first-order valence-corrected chi connectivity index (χ1v) is 20.2. The van der Waals surface area contributed by atoms with Gasteiger partial charge < -0.3 is 14.2 Å². The molecule has 13 nitrogen and oxygen atoms in total. The maximum absolute atomic E-state index is 12.3. The van der Waals surface area contributed by atoms with Gasteiger partial charge in [0, 0.05) is 0 Å². The van der Waals surface area contributed by atoms with Gasteiger partial charge in [0.1, 0.15) is 6.42 Å². The molecule has 496 valence electrons. The molecule has 0 amide bonds. The molecule has 0 aliphatic rings. The van der Waals surface area contributed by atoms with Crippen LogP contribution in [0.5, 0.6) is 0 Å². The lowest BCUT2D eigenvalue weighted by atomic mass is 10.2. The van der Waals surface area contributed by atoms with Gasteiger partial charge in [-0.3, -0.25) is 0 Å². The van der Waals surface area contributed by atoms with Gasteiger partial charge in [-0.2, -0.15) is 157 Å². The van der Waals surface area contributed by atoms with Crippen LogP contribution in [-0.4, -0.2) is 115 Å². The zero-order chi connectivity index (χ0) is 68.6. The van der Waals surface area contributed by atoms with Gasteiger partial charge in [0.15, 0.2) is 32.5 Å². The fourth-order valence-electron chi connectivity index (χ4n) is 1.44.